The lowest BCUT2D eigenvalue weighted by atomic mass is 10.1. The van der Waals surface area contributed by atoms with Crippen LogP contribution in [0, 0.1) is 11.3 Å². The van der Waals surface area contributed by atoms with Gasteiger partial charge in [0.25, 0.3) is 0 Å². The maximum Gasteiger partial charge on any atom is 0.101 e. The minimum Gasteiger partial charge on any atom is -0.308 e. The maximum absolute atomic E-state index is 9.08. The number of para-hydroxylation sites is 3. The van der Waals surface area contributed by atoms with Crippen LogP contribution in [0.1, 0.15) is 5.56 Å². The Bertz CT molecular complexity index is 1160. The molecule has 0 N–H and O–H groups in total. The number of hydrogen-bond donors (Lipinski definition) is 0. The van der Waals surface area contributed by atoms with Gasteiger partial charge in [-0.1, -0.05) is 54.2 Å². The molecule has 1 aromatic heterocycles. The monoisotopic (exact) mass is 377 g/mol. The highest BCUT2D eigenvalue weighted by Crippen LogP contribution is 2.52. The third kappa shape index (κ3) is 2.74. The quantitative estimate of drug-likeness (QED) is 0.349. The predicted octanol–water partition coefficient (Wildman–Crippen LogP) is 6.55. The van der Waals surface area contributed by atoms with Crippen molar-refractivity contribution in [1.29, 1.82) is 5.26 Å². The van der Waals surface area contributed by atoms with Crippen LogP contribution in [-0.2, 0) is 0 Å². The van der Waals surface area contributed by atoms with Crippen molar-refractivity contribution in [2.45, 2.75) is 9.79 Å². The summed E-state index contributed by atoms with van der Waals surface area (Å²) in [6.45, 7) is 0. The van der Waals surface area contributed by atoms with E-state index in [1.54, 1.807) is 18.0 Å². The second kappa shape index (κ2) is 6.88. The molecule has 3 aromatic carbocycles. The third-order valence-corrected chi connectivity index (χ3v) is 5.88. The Labute approximate surface area is 167 Å². The van der Waals surface area contributed by atoms with E-state index < -0.39 is 0 Å². The molecule has 0 saturated heterocycles. The second-order valence-corrected chi connectivity index (χ2v) is 7.52. The fourth-order valence-corrected chi connectivity index (χ4v) is 4.53. The highest BCUT2D eigenvalue weighted by atomic mass is 32.2. The molecular formula is C24H15N3S. The fourth-order valence-electron chi connectivity index (χ4n) is 3.47. The van der Waals surface area contributed by atoms with Crippen molar-refractivity contribution < 1.29 is 0 Å². The number of benzene rings is 3. The summed E-state index contributed by atoms with van der Waals surface area (Å²) in [6.07, 6.45) is 1.63. The Kier molecular flexibility index (Phi) is 4.08. The lowest BCUT2D eigenvalue weighted by Crippen LogP contribution is -2.15. The lowest BCUT2D eigenvalue weighted by molar-refractivity contribution is 1.16. The lowest BCUT2D eigenvalue weighted by Gasteiger charge is -2.34. The molecule has 0 spiro atoms. The van der Waals surface area contributed by atoms with Gasteiger partial charge in [-0.15, -0.1) is 0 Å². The Hall–Kier alpha value is -3.55. The van der Waals surface area contributed by atoms with Crippen LogP contribution in [0.4, 0.5) is 17.1 Å². The van der Waals surface area contributed by atoms with E-state index in [0.717, 1.165) is 28.3 Å². The van der Waals surface area contributed by atoms with Gasteiger partial charge in [0.2, 0.25) is 0 Å². The van der Waals surface area contributed by atoms with Crippen molar-refractivity contribution in [3.05, 3.63) is 96.7 Å². The zero-order chi connectivity index (χ0) is 18.9. The summed E-state index contributed by atoms with van der Waals surface area (Å²) in [6, 6.07) is 31.1. The van der Waals surface area contributed by atoms with Crippen LogP contribution < -0.4 is 4.90 Å². The van der Waals surface area contributed by atoms with Gasteiger partial charge < -0.3 is 4.90 Å². The number of fused-ring (bicyclic) bond motifs is 2. The number of pyridine rings is 1. The normalized spacial score (nSPS) is 12.0. The Morgan fingerprint density at radius 1 is 0.714 bits per heavy atom. The van der Waals surface area contributed by atoms with E-state index >= 15 is 0 Å². The standard InChI is InChI=1S/C24H15N3S/c25-15-17-13-14-19(26-16-17)18-7-1-2-8-20(18)27-21-9-3-5-11-23(21)28-24-12-6-4-10-22(24)27/h1-14,16H. The van der Waals surface area contributed by atoms with E-state index in [4.69, 9.17) is 5.26 Å². The van der Waals surface area contributed by atoms with Crippen molar-refractivity contribution >= 4 is 28.8 Å². The predicted molar refractivity (Wildman–Crippen MR) is 113 cm³/mol. The maximum atomic E-state index is 9.08. The summed E-state index contributed by atoms with van der Waals surface area (Å²) >= 11 is 1.79. The number of anilines is 3. The van der Waals surface area contributed by atoms with Gasteiger partial charge in [0.05, 0.1) is 28.3 Å². The van der Waals surface area contributed by atoms with Crippen LogP contribution in [0.2, 0.25) is 0 Å². The summed E-state index contributed by atoms with van der Waals surface area (Å²) in [5.41, 5.74) is 5.83. The van der Waals surface area contributed by atoms with Gasteiger partial charge in [-0.2, -0.15) is 5.26 Å². The topological polar surface area (TPSA) is 39.9 Å². The SMILES string of the molecule is N#Cc1ccc(-c2ccccc2N2c3ccccc3Sc3ccccc32)nc1. The third-order valence-electron chi connectivity index (χ3n) is 4.75. The van der Waals surface area contributed by atoms with Crippen LogP contribution in [-0.4, -0.2) is 4.98 Å². The molecule has 132 valence electrons. The molecule has 0 radical (unpaired) electrons. The van der Waals surface area contributed by atoms with Gasteiger partial charge >= 0.3 is 0 Å². The van der Waals surface area contributed by atoms with Crippen LogP contribution in [0.5, 0.6) is 0 Å². The molecule has 2 heterocycles. The van der Waals surface area contributed by atoms with Crippen molar-refractivity contribution in [3.63, 3.8) is 0 Å². The zero-order valence-corrected chi connectivity index (χ0v) is 15.7. The first-order valence-corrected chi connectivity index (χ1v) is 9.78. The summed E-state index contributed by atoms with van der Waals surface area (Å²) in [5.74, 6) is 0. The molecule has 0 atom stereocenters. The number of nitriles is 1. The summed E-state index contributed by atoms with van der Waals surface area (Å²) in [5, 5.41) is 9.08. The van der Waals surface area contributed by atoms with Crippen LogP contribution in [0.15, 0.2) is 101 Å². The van der Waals surface area contributed by atoms with E-state index in [2.05, 4.69) is 82.7 Å². The Balaban J connectivity index is 1.74. The largest absolute Gasteiger partial charge is 0.308 e. The van der Waals surface area contributed by atoms with Crippen molar-refractivity contribution in [3.8, 4) is 17.3 Å². The highest BCUT2D eigenvalue weighted by molar-refractivity contribution is 7.99. The summed E-state index contributed by atoms with van der Waals surface area (Å²) in [7, 11) is 0. The molecule has 28 heavy (non-hydrogen) atoms. The molecular weight excluding hydrogens is 362 g/mol. The average Bonchev–Trinajstić information content (AvgIpc) is 2.77. The van der Waals surface area contributed by atoms with Gasteiger partial charge in [0.15, 0.2) is 0 Å². The summed E-state index contributed by atoms with van der Waals surface area (Å²) in [4.78, 5) is 9.29. The first kappa shape index (κ1) is 16.6. The zero-order valence-electron chi connectivity index (χ0n) is 14.9. The van der Waals surface area contributed by atoms with Gasteiger partial charge in [-0.05, 0) is 42.5 Å². The van der Waals surface area contributed by atoms with E-state index in [9.17, 15) is 0 Å². The molecule has 0 amide bonds. The molecule has 1 aliphatic rings. The van der Waals surface area contributed by atoms with Crippen LogP contribution in [0.25, 0.3) is 11.3 Å². The minimum atomic E-state index is 0.561. The molecule has 0 aliphatic carbocycles. The first-order valence-electron chi connectivity index (χ1n) is 8.97. The van der Waals surface area contributed by atoms with Gasteiger partial charge in [-0.25, -0.2) is 0 Å². The van der Waals surface area contributed by atoms with Gasteiger partial charge in [-0.3, -0.25) is 4.98 Å². The number of rotatable bonds is 2. The van der Waals surface area contributed by atoms with E-state index in [1.165, 1.54) is 9.79 Å². The van der Waals surface area contributed by atoms with Crippen molar-refractivity contribution in [2.75, 3.05) is 4.90 Å². The van der Waals surface area contributed by atoms with E-state index in [0.29, 0.717) is 5.56 Å². The number of hydrogen-bond acceptors (Lipinski definition) is 4. The molecule has 1 aliphatic heterocycles. The molecule has 0 unspecified atom stereocenters. The molecule has 0 bridgehead atoms. The van der Waals surface area contributed by atoms with Crippen molar-refractivity contribution in [2.24, 2.45) is 0 Å². The molecule has 4 aromatic rings. The Morgan fingerprint density at radius 3 is 1.93 bits per heavy atom. The summed E-state index contributed by atoms with van der Waals surface area (Å²) < 4.78 is 0. The molecule has 4 heteroatoms. The van der Waals surface area contributed by atoms with Crippen LogP contribution in [0.3, 0.4) is 0 Å². The van der Waals surface area contributed by atoms with Crippen LogP contribution >= 0.6 is 11.8 Å². The highest BCUT2D eigenvalue weighted by Gasteiger charge is 2.26. The second-order valence-electron chi connectivity index (χ2n) is 6.43. The molecule has 0 saturated carbocycles. The fraction of sp³-hybridized carbons (Fsp3) is 0. The number of nitrogens with zero attached hydrogens (tertiary/aromatic N) is 3. The average molecular weight is 377 g/mol. The number of aromatic nitrogens is 1. The molecule has 5 rings (SSSR count). The minimum absolute atomic E-state index is 0.561. The molecule has 3 nitrogen and oxygen atoms in total. The Morgan fingerprint density at radius 2 is 1.32 bits per heavy atom. The van der Waals surface area contributed by atoms with E-state index in [1.807, 2.05) is 18.2 Å². The smallest absolute Gasteiger partial charge is 0.101 e. The van der Waals surface area contributed by atoms with Gasteiger partial charge in [0.1, 0.15) is 6.07 Å². The van der Waals surface area contributed by atoms with Crippen molar-refractivity contribution in [1.82, 2.24) is 4.98 Å². The van der Waals surface area contributed by atoms with E-state index in [-0.39, 0.29) is 0 Å². The van der Waals surface area contributed by atoms with Gasteiger partial charge in [0, 0.05) is 21.6 Å². The first-order chi connectivity index (χ1) is 13.8. The molecule has 0 fully saturated rings.